The van der Waals surface area contributed by atoms with Crippen LogP contribution in [0.4, 0.5) is 5.69 Å². The number of amides is 2. The summed E-state index contributed by atoms with van der Waals surface area (Å²) in [5, 5.41) is 14.3. The lowest BCUT2D eigenvalue weighted by Crippen LogP contribution is -2.44. The average molecular weight is 402 g/mol. The van der Waals surface area contributed by atoms with Gasteiger partial charge in [0.15, 0.2) is 0 Å². The van der Waals surface area contributed by atoms with Gasteiger partial charge in [0.05, 0.1) is 11.0 Å². The first kappa shape index (κ1) is 20.6. The quantitative estimate of drug-likeness (QED) is 0.434. The van der Waals surface area contributed by atoms with Gasteiger partial charge in [0, 0.05) is 32.1 Å². The molecule has 0 radical (unpaired) electrons. The highest BCUT2D eigenvalue weighted by Crippen LogP contribution is 2.25. The molecule has 0 spiro atoms. The van der Waals surface area contributed by atoms with Crippen molar-refractivity contribution < 1.29 is 19.5 Å². The van der Waals surface area contributed by atoms with Gasteiger partial charge in [0.1, 0.15) is 6.04 Å². The van der Waals surface area contributed by atoms with E-state index in [1.165, 1.54) is 9.13 Å². The van der Waals surface area contributed by atoms with E-state index in [4.69, 9.17) is 5.11 Å². The summed E-state index contributed by atoms with van der Waals surface area (Å²) in [6, 6.07) is 4.88. The number of imidazole rings is 1. The van der Waals surface area contributed by atoms with Crippen LogP contribution in [0.25, 0.3) is 11.0 Å². The molecule has 1 fully saturated rings. The fourth-order valence-corrected chi connectivity index (χ4v) is 3.69. The number of unbranched alkanes of at least 4 members (excludes halogenated alkanes) is 3. The molecule has 1 atom stereocenters. The highest BCUT2D eigenvalue weighted by molar-refractivity contribution is 6.00. The van der Waals surface area contributed by atoms with Gasteiger partial charge in [-0.2, -0.15) is 0 Å². The molecule has 9 heteroatoms. The number of hydrogen-bond acceptors (Lipinski definition) is 5. The molecule has 1 aliphatic rings. The zero-order valence-corrected chi connectivity index (χ0v) is 16.4. The third kappa shape index (κ3) is 4.67. The molecule has 29 heavy (non-hydrogen) atoms. The van der Waals surface area contributed by atoms with Crippen LogP contribution in [0.2, 0.25) is 0 Å². The molecule has 0 aliphatic carbocycles. The Morgan fingerprint density at radius 3 is 2.66 bits per heavy atom. The number of benzene rings is 1. The van der Waals surface area contributed by atoms with Crippen molar-refractivity contribution in [3.63, 3.8) is 0 Å². The fraction of sp³-hybridized carbons (Fsp3) is 0.500. The topological polar surface area (TPSA) is 122 Å². The van der Waals surface area contributed by atoms with Gasteiger partial charge in [0.25, 0.3) is 0 Å². The summed E-state index contributed by atoms with van der Waals surface area (Å²) in [7, 11) is 1.67. The van der Waals surface area contributed by atoms with Crippen LogP contribution in [0.5, 0.6) is 0 Å². The predicted molar refractivity (Wildman–Crippen MR) is 108 cm³/mol. The maximum absolute atomic E-state index is 12.7. The standard InChI is InChI=1S/C20H26N4O5/c1-23-16-12-13(21-11-5-3-2-4-6-18(26)27)7-8-14(16)24(20(23)29)15-9-10-17(25)22-19(15)28/h7-8,12,15,21H,2-6,9-11H2,1H3,(H,26,27)(H,22,25,28). The van der Waals surface area contributed by atoms with Crippen molar-refractivity contribution >= 4 is 34.5 Å². The largest absolute Gasteiger partial charge is 0.481 e. The summed E-state index contributed by atoms with van der Waals surface area (Å²) in [4.78, 5) is 46.8. The maximum Gasteiger partial charge on any atom is 0.329 e. The normalized spacial score (nSPS) is 16.8. The molecule has 2 heterocycles. The molecule has 0 bridgehead atoms. The number of carbonyl (C=O) groups is 3. The molecule has 1 aliphatic heterocycles. The van der Waals surface area contributed by atoms with Crippen molar-refractivity contribution in [3.05, 3.63) is 28.7 Å². The molecular formula is C20H26N4O5. The van der Waals surface area contributed by atoms with Crippen LogP contribution in [-0.2, 0) is 21.4 Å². The van der Waals surface area contributed by atoms with Crippen molar-refractivity contribution in [3.8, 4) is 0 Å². The van der Waals surface area contributed by atoms with Crippen molar-refractivity contribution in [2.75, 3.05) is 11.9 Å². The van der Waals surface area contributed by atoms with Crippen LogP contribution in [0.15, 0.2) is 23.0 Å². The minimum absolute atomic E-state index is 0.211. The number of piperidine rings is 1. The van der Waals surface area contributed by atoms with Crippen LogP contribution in [0.3, 0.4) is 0 Å². The Balaban J connectivity index is 1.67. The van der Waals surface area contributed by atoms with Crippen LogP contribution >= 0.6 is 0 Å². The number of hydrogen-bond donors (Lipinski definition) is 3. The third-order valence-corrected chi connectivity index (χ3v) is 5.26. The molecule has 9 nitrogen and oxygen atoms in total. The van der Waals surface area contributed by atoms with E-state index in [1.807, 2.05) is 18.2 Å². The Hall–Kier alpha value is -3.10. The average Bonchev–Trinajstić information content (AvgIpc) is 2.92. The highest BCUT2D eigenvalue weighted by Gasteiger charge is 2.31. The number of carboxylic acids is 1. The van der Waals surface area contributed by atoms with E-state index < -0.39 is 17.9 Å². The van der Waals surface area contributed by atoms with Gasteiger partial charge in [-0.05, 0) is 37.5 Å². The Morgan fingerprint density at radius 1 is 1.17 bits per heavy atom. The van der Waals surface area contributed by atoms with Gasteiger partial charge in [0.2, 0.25) is 11.8 Å². The molecule has 3 rings (SSSR count). The molecule has 1 aromatic heterocycles. The summed E-state index contributed by atoms with van der Waals surface area (Å²) >= 11 is 0. The second kappa shape index (κ2) is 8.93. The zero-order valence-electron chi connectivity index (χ0n) is 16.4. The van der Waals surface area contributed by atoms with Crippen molar-refractivity contribution in [2.45, 2.75) is 51.0 Å². The van der Waals surface area contributed by atoms with Gasteiger partial charge in [-0.1, -0.05) is 12.8 Å². The molecular weight excluding hydrogens is 376 g/mol. The number of nitrogens with one attached hydrogen (secondary N) is 2. The Labute approximate surface area is 167 Å². The summed E-state index contributed by atoms with van der Waals surface area (Å²) in [5.74, 6) is -1.51. The first-order chi connectivity index (χ1) is 13.9. The lowest BCUT2D eigenvalue weighted by molar-refractivity contribution is -0.137. The van der Waals surface area contributed by atoms with E-state index in [9.17, 15) is 19.2 Å². The van der Waals surface area contributed by atoms with Gasteiger partial charge in [-0.25, -0.2) is 4.79 Å². The molecule has 2 amide bonds. The smallest absolute Gasteiger partial charge is 0.329 e. The Morgan fingerprint density at radius 2 is 1.93 bits per heavy atom. The van der Waals surface area contributed by atoms with Gasteiger partial charge < -0.3 is 10.4 Å². The molecule has 3 N–H and O–H groups in total. The molecule has 1 saturated heterocycles. The van der Waals surface area contributed by atoms with E-state index in [2.05, 4.69) is 10.6 Å². The van der Waals surface area contributed by atoms with Crippen molar-refractivity contribution in [1.82, 2.24) is 14.5 Å². The number of rotatable bonds is 9. The van der Waals surface area contributed by atoms with Gasteiger partial charge >= 0.3 is 11.7 Å². The minimum Gasteiger partial charge on any atom is -0.481 e. The van der Waals surface area contributed by atoms with Crippen LogP contribution < -0.4 is 16.3 Å². The predicted octanol–water partition coefficient (Wildman–Crippen LogP) is 1.76. The number of anilines is 1. The second-order valence-corrected chi connectivity index (χ2v) is 7.37. The van der Waals surface area contributed by atoms with Gasteiger partial charge in [-0.3, -0.25) is 28.8 Å². The summed E-state index contributed by atoms with van der Waals surface area (Å²) in [5.41, 5.74) is 1.96. The van der Waals surface area contributed by atoms with Gasteiger partial charge in [-0.15, -0.1) is 0 Å². The monoisotopic (exact) mass is 402 g/mol. The van der Waals surface area contributed by atoms with E-state index in [-0.39, 0.29) is 24.4 Å². The molecule has 1 unspecified atom stereocenters. The SMILES string of the molecule is Cn1c(=O)n(C2CCC(=O)NC2=O)c2ccc(NCCCCCCC(=O)O)cc21. The lowest BCUT2D eigenvalue weighted by Gasteiger charge is -2.21. The fourth-order valence-electron chi connectivity index (χ4n) is 3.69. The number of carboxylic acid groups (broad SMARTS) is 1. The highest BCUT2D eigenvalue weighted by atomic mass is 16.4. The minimum atomic E-state index is -0.758. The van der Waals surface area contributed by atoms with E-state index in [1.54, 1.807) is 7.05 Å². The summed E-state index contributed by atoms with van der Waals surface area (Å²) in [6.45, 7) is 0.750. The first-order valence-corrected chi connectivity index (χ1v) is 9.89. The number of imide groups is 1. The third-order valence-electron chi connectivity index (χ3n) is 5.26. The summed E-state index contributed by atoms with van der Waals surface area (Å²) in [6.07, 6.45) is 4.19. The van der Waals surface area contributed by atoms with E-state index >= 15 is 0 Å². The Bertz CT molecular complexity index is 991. The zero-order chi connectivity index (χ0) is 21.0. The van der Waals surface area contributed by atoms with Crippen LogP contribution in [-0.4, -0.2) is 38.6 Å². The maximum atomic E-state index is 12.7. The molecule has 156 valence electrons. The van der Waals surface area contributed by atoms with Crippen LogP contribution in [0, 0.1) is 0 Å². The molecule has 2 aromatic rings. The molecule has 0 saturated carbocycles. The second-order valence-electron chi connectivity index (χ2n) is 7.37. The number of aryl methyl sites for hydroxylation is 1. The van der Waals surface area contributed by atoms with Crippen LogP contribution in [0.1, 0.15) is 51.0 Å². The van der Waals surface area contributed by atoms with Crippen molar-refractivity contribution in [1.29, 1.82) is 0 Å². The number of carbonyl (C=O) groups excluding carboxylic acids is 2. The summed E-state index contributed by atoms with van der Waals surface area (Å²) < 4.78 is 2.97. The number of nitrogens with zero attached hydrogens (tertiary/aromatic N) is 2. The molecule has 1 aromatic carbocycles. The Kier molecular flexibility index (Phi) is 6.36. The van der Waals surface area contributed by atoms with E-state index in [0.717, 1.165) is 31.5 Å². The van der Waals surface area contributed by atoms with E-state index in [0.29, 0.717) is 23.9 Å². The number of aromatic nitrogens is 2. The number of aliphatic carboxylic acids is 1. The van der Waals surface area contributed by atoms with Crippen molar-refractivity contribution in [2.24, 2.45) is 7.05 Å². The first-order valence-electron chi connectivity index (χ1n) is 9.89. The lowest BCUT2D eigenvalue weighted by atomic mass is 10.1. The number of fused-ring (bicyclic) bond motifs is 1.